The molecule has 1 saturated heterocycles. The molecule has 0 aromatic heterocycles. The topological polar surface area (TPSA) is 58.6 Å². The number of nitrogens with one attached hydrogen (secondary N) is 1. The van der Waals surface area contributed by atoms with Gasteiger partial charge in [0.05, 0.1) is 12.5 Å². The van der Waals surface area contributed by atoms with Gasteiger partial charge in [0.25, 0.3) is 5.91 Å². The number of benzene rings is 1. The molecule has 2 unspecified atom stereocenters. The molecular weight excluding hydrogens is 304 g/mol. The first-order valence-corrected chi connectivity index (χ1v) is 8.59. The second-order valence-electron chi connectivity index (χ2n) is 6.61. The van der Waals surface area contributed by atoms with Gasteiger partial charge < -0.3 is 15.0 Å². The van der Waals surface area contributed by atoms with E-state index in [4.69, 9.17) is 4.74 Å². The largest absolute Gasteiger partial charge is 0.383 e. The average molecular weight is 332 g/mol. The highest BCUT2D eigenvalue weighted by atomic mass is 16.5. The molecule has 1 heterocycles. The Bertz CT molecular complexity index is 600. The van der Waals surface area contributed by atoms with Crippen molar-refractivity contribution < 1.29 is 14.3 Å². The summed E-state index contributed by atoms with van der Waals surface area (Å²) in [4.78, 5) is 27.1. The van der Waals surface area contributed by atoms with Crippen molar-refractivity contribution in [1.82, 2.24) is 10.2 Å². The number of amides is 2. The Balaban J connectivity index is 2.09. The molecule has 0 aliphatic carbocycles. The Morgan fingerprint density at radius 1 is 1.29 bits per heavy atom. The minimum Gasteiger partial charge on any atom is -0.383 e. The van der Waals surface area contributed by atoms with Gasteiger partial charge in [0, 0.05) is 31.8 Å². The first-order chi connectivity index (χ1) is 11.5. The van der Waals surface area contributed by atoms with Crippen molar-refractivity contribution in [2.75, 3.05) is 26.8 Å². The molecule has 5 heteroatoms. The van der Waals surface area contributed by atoms with E-state index in [9.17, 15) is 9.59 Å². The molecule has 1 aliphatic rings. The summed E-state index contributed by atoms with van der Waals surface area (Å²) in [7, 11) is 1.61. The number of hydrogen-bond donors (Lipinski definition) is 1. The SMILES string of the molecule is COCCNC(=O)C1CCC(C)N(C(=O)c2cccc(C)c2C)C1. The Morgan fingerprint density at radius 3 is 2.75 bits per heavy atom. The van der Waals surface area contributed by atoms with Crippen LogP contribution in [-0.4, -0.2) is 49.6 Å². The van der Waals surface area contributed by atoms with E-state index in [0.29, 0.717) is 19.7 Å². The first-order valence-electron chi connectivity index (χ1n) is 8.59. The third-order valence-electron chi connectivity index (χ3n) is 4.95. The Hall–Kier alpha value is -1.88. The lowest BCUT2D eigenvalue weighted by Gasteiger charge is -2.37. The van der Waals surface area contributed by atoms with E-state index in [1.807, 2.05) is 36.9 Å². The molecule has 0 bridgehead atoms. The number of likely N-dealkylation sites (tertiary alicyclic amines) is 1. The summed E-state index contributed by atoms with van der Waals surface area (Å²) >= 11 is 0. The van der Waals surface area contributed by atoms with E-state index in [-0.39, 0.29) is 23.8 Å². The molecular formula is C19H28N2O3. The highest BCUT2D eigenvalue weighted by molar-refractivity contribution is 5.96. The van der Waals surface area contributed by atoms with Crippen molar-refractivity contribution in [3.63, 3.8) is 0 Å². The van der Waals surface area contributed by atoms with Gasteiger partial charge in [-0.25, -0.2) is 0 Å². The zero-order valence-corrected chi connectivity index (χ0v) is 15.1. The van der Waals surface area contributed by atoms with E-state index in [1.165, 1.54) is 0 Å². The number of rotatable bonds is 5. The predicted molar refractivity (Wildman–Crippen MR) is 94.0 cm³/mol. The molecule has 1 aliphatic heterocycles. The number of hydrogen-bond acceptors (Lipinski definition) is 3. The minimum absolute atomic E-state index is 0.0118. The molecule has 2 amide bonds. The summed E-state index contributed by atoms with van der Waals surface area (Å²) in [6.45, 7) is 7.53. The lowest BCUT2D eigenvalue weighted by molar-refractivity contribution is -0.126. The Labute approximate surface area is 144 Å². The smallest absolute Gasteiger partial charge is 0.254 e. The number of aryl methyl sites for hydroxylation is 1. The summed E-state index contributed by atoms with van der Waals surface area (Å²) in [6, 6.07) is 5.96. The molecule has 1 N–H and O–H groups in total. The fourth-order valence-corrected chi connectivity index (χ4v) is 3.16. The molecule has 2 rings (SSSR count). The Morgan fingerprint density at radius 2 is 2.04 bits per heavy atom. The molecule has 2 atom stereocenters. The van der Waals surface area contributed by atoms with Gasteiger partial charge in [-0.05, 0) is 50.8 Å². The van der Waals surface area contributed by atoms with Crippen LogP contribution in [0.4, 0.5) is 0 Å². The molecule has 0 spiro atoms. The highest BCUT2D eigenvalue weighted by Crippen LogP contribution is 2.25. The van der Waals surface area contributed by atoms with Gasteiger partial charge in [0.15, 0.2) is 0 Å². The van der Waals surface area contributed by atoms with E-state index in [2.05, 4.69) is 12.2 Å². The summed E-state index contributed by atoms with van der Waals surface area (Å²) in [6.07, 6.45) is 1.66. The van der Waals surface area contributed by atoms with Gasteiger partial charge in [-0.1, -0.05) is 12.1 Å². The second-order valence-corrected chi connectivity index (χ2v) is 6.61. The average Bonchev–Trinajstić information content (AvgIpc) is 2.57. The van der Waals surface area contributed by atoms with Crippen molar-refractivity contribution in [3.05, 3.63) is 34.9 Å². The summed E-state index contributed by atoms with van der Waals surface area (Å²) < 4.78 is 4.96. The third kappa shape index (κ3) is 4.15. The zero-order chi connectivity index (χ0) is 17.7. The normalized spacial score (nSPS) is 20.8. The summed E-state index contributed by atoms with van der Waals surface area (Å²) in [5, 5.41) is 2.89. The quantitative estimate of drug-likeness (QED) is 0.842. The molecule has 5 nitrogen and oxygen atoms in total. The highest BCUT2D eigenvalue weighted by Gasteiger charge is 2.33. The predicted octanol–water partition coefficient (Wildman–Crippen LogP) is 2.31. The van der Waals surface area contributed by atoms with Crippen LogP contribution in [0.25, 0.3) is 0 Å². The number of piperidine rings is 1. The van der Waals surface area contributed by atoms with Gasteiger partial charge in [0.1, 0.15) is 0 Å². The number of methoxy groups -OCH3 is 1. The maximum absolute atomic E-state index is 13.0. The van der Waals surface area contributed by atoms with Crippen LogP contribution in [0, 0.1) is 19.8 Å². The monoisotopic (exact) mass is 332 g/mol. The van der Waals surface area contributed by atoms with E-state index < -0.39 is 0 Å². The van der Waals surface area contributed by atoms with E-state index >= 15 is 0 Å². The summed E-state index contributed by atoms with van der Waals surface area (Å²) in [5.74, 6) is -0.108. The maximum atomic E-state index is 13.0. The molecule has 132 valence electrons. The van der Waals surface area contributed by atoms with Crippen LogP contribution in [0.3, 0.4) is 0 Å². The molecule has 0 saturated carbocycles. The van der Waals surface area contributed by atoms with Crippen molar-refractivity contribution in [2.24, 2.45) is 5.92 Å². The summed E-state index contributed by atoms with van der Waals surface area (Å²) in [5.41, 5.74) is 2.86. The number of ether oxygens (including phenoxy) is 1. The molecule has 1 aromatic carbocycles. The van der Waals surface area contributed by atoms with E-state index in [1.54, 1.807) is 7.11 Å². The van der Waals surface area contributed by atoms with Gasteiger partial charge in [0.2, 0.25) is 5.91 Å². The van der Waals surface area contributed by atoms with Crippen LogP contribution in [0.15, 0.2) is 18.2 Å². The van der Waals surface area contributed by atoms with Crippen LogP contribution in [0.5, 0.6) is 0 Å². The molecule has 0 radical (unpaired) electrons. The number of carbonyl (C=O) groups excluding carboxylic acids is 2. The van der Waals surface area contributed by atoms with Gasteiger partial charge in [-0.2, -0.15) is 0 Å². The lowest BCUT2D eigenvalue weighted by Crippen LogP contribution is -2.49. The van der Waals surface area contributed by atoms with Gasteiger partial charge in [-0.15, -0.1) is 0 Å². The van der Waals surface area contributed by atoms with Gasteiger partial charge >= 0.3 is 0 Å². The van der Waals surface area contributed by atoms with Crippen molar-refractivity contribution in [3.8, 4) is 0 Å². The minimum atomic E-state index is -0.146. The fourth-order valence-electron chi connectivity index (χ4n) is 3.16. The lowest BCUT2D eigenvalue weighted by atomic mass is 9.91. The van der Waals surface area contributed by atoms with Crippen LogP contribution in [0.1, 0.15) is 41.3 Å². The van der Waals surface area contributed by atoms with Crippen LogP contribution >= 0.6 is 0 Å². The first kappa shape index (κ1) is 18.5. The van der Waals surface area contributed by atoms with Crippen LogP contribution < -0.4 is 5.32 Å². The fraction of sp³-hybridized carbons (Fsp3) is 0.579. The van der Waals surface area contributed by atoms with Crippen LogP contribution in [0.2, 0.25) is 0 Å². The van der Waals surface area contributed by atoms with Crippen molar-refractivity contribution in [2.45, 2.75) is 39.7 Å². The molecule has 24 heavy (non-hydrogen) atoms. The zero-order valence-electron chi connectivity index (χ0n) is 15.1. The Kier molecular flexibility index (Phi) is 6.37. The van der Waals surface area contributed by atoms with Crippen molar-refractivity contribution in [1.29, 1.82) is 0 Å². The number of carbonyl (C=O) groups is 2. The van der Waals surface area contributed by atoms with Crippen molar-refractivity contribution >= 4 is 11.8 Å². The van der Waals surface area contributed by atoms with Crippen LogP contribution in [-0.2, 0) is 9.53 Å². The molecule has 1 aromatic rings. The van der Waals surface area contributed by atoms with Gasteiger partial charge in [-0.3, -0.25) is 9.59 Å². The van der Waals surface area contributed by atoms with E-state index in [0.717, 1.165) is 29.5 Å². The maximum Gasteiger partial charge on any atom is 0.254 e. The third-order valence-corrected chi connectivity index (χ3v) is 4.95. The standard InChI is InChI=1S/C19H28N2O3/c1-13-6-5-7-17(15(13)3)19(23)21-12-16(9-8-14(21)2)18(22)20-10-11-24-4/h5-7,14,16H,8-12H2,1-4H3,(H,20,22). The molecule has 1 fully saturated rings. The number of nitrogens with zero attached hydrogens (tertiary/aromatic N) is 1. The second kappa shape index (κ2) is 8.29.